The van der Waals surface area contributed by atoms with Gasteiger partial charge < -0.3 is 20.3 Å². The zero-order chi connectivity index (χ0) is 12.3. The second-order valence-electron chi connectivity index (χ2n) is 4.32. The predicted molar refractivity (Wildman–Crippen MR) is 65.4 cm³/mol. The van der Waals surface area contributed by atoms with Gasteiger partial charge in [0, 0.05) is 12.5 Å². The summed E-state index contributed by atoms with van der Waals surface area (Å²) >= 11 is 0. The molecule has 0 amide bonds. The van der Waals surface area contributed by atoms with Crippen LogP contribution in [0.3, 0.4) is 0 Å². The van der Waals surface area contributed by atoms with Crippen LogP contribution < -0.4 is 15.2 Å². The van der Waals surface area contributed by atoms with Crippen LogP contribution in [0.2, 0.25) is 0 Å². The SMILES string of the molecule is CCC(N)C(O)Cc1ccc2c(c1)OCCO2. The second-order valence-corrected chi connectivity index (χ2v) is 4.32. The fourth-order valence-electron chi connectivity index (χ4n) is 1.88. The Bertz CT molecular complexity index is 381. The van der Waals surface area contributed by atoms with Gasteiger partial charge in [-0.15, -0.1) is 0 Å². The first-order valence-electron chi connectivity index (χ1n) is 6.03. The summed E-state index contributed by atoms with van der Waals surface area (Å²) in [7, 11) is 0. The van der Waals surface area contributed by atoms with E-state index in [0.29, 0.717) is 19.6 Å². The molecule has 0 aliphatic carbocycles. The molecule has 0 fully saturated rings. The summed E-state index contributed by atoms with van der Waals surface area (Å²) in [6.07, 6.45) is 0.805. The van der Waals surface area contributed by atoms with Crippen molar-refractivity contribution in [2.24, 2.45) is 5.73 Å². The van der Waals surface area contributed by atoms with Crippen LogP contribution in [0.5, 0.6) is 11.5 Å². The molecule has 1 aliphatic heterocycles. The van der Waals surface area contributed by atoms with Gasteiger partial charge in [-0.05, 0) is 24.1 Å². The highest BCUT2D eigenvalue weighted by atomic mass is 16.6. The minimum Gasteiger partial charge on any atom is -0.486 e. The average Bonchev–Trinajstić information content (AvgIpc) is 2.37. The molecule has 1 aliphatic rings. The molecular weight excluding hydrogens is 218 g/mol. The Morgan fingerprint density at radius 2 is 2.00 bits per heavy atom. The lowest BCUT2D eigenvalue weighted by Gasteiger charge is -2.21. The summed E-state index contributed by atoms with van der Waals surface area (Å²) in [5.74, 6) is 1.53. The number of fused-ring (bicyclic) bond motifs is 1. The third kappa shape index (κ3) is 2.90. The van der Waals surface area contributed by atoms with Crippen molar-refractivity contribution in [2.75, 3.05) is 13.2 Å². The Morgan fingerprint density at radius 3 is 2.71 bits per heavy atom. The van der Waals surface area contributed by atoms with Crippen molar-refractivity contribution in [3.63, 3.8) is 0 Å². The Labute approximate surface area is 101 Å². The van der Waals surface area contributed by atoms with Gasteiger partial charge in [0.25, 0.3) is 0 Å². The van der Waals surface area contributed by atoms with E-state index in [-0.39, 0.29) is 6.04 Å². The van der Waals surface area contributed by atoms with Crippen LogP contribution in [-0.2, 0) is 6.42 Å². The van der Waals surface area contributed by atoms with E-state index in [1.54, 1.807) is 0 Å². The molecule has 1 aromatic carbocycles. The molecule has 2 rings (SSSR count). The first kappa shape index (κ1) is 12.2. The van der Waals surface area contributed by atoms with Gasteiger partial charge in [0.05, 0.1) is 6.10 Å². The van der Waals surface area contributed by atoms with E-state index >= 15 is 0 Å². The lowest BCUT2D eigenvalue weighted by Crippen LogP contribution is -2.35. The molecule has 0 spiro atoms. The first-order valence-corrected chi connectivity index (χ1v) is 6.03. The van der Waals surface area contributed by atoms with Crippen molar-refractivity contribution in [2.45, 2.75) is 31.9 Å². The highest BCUT2D eigenvalue weighted by Crippen LogP contribution is 2.31. The fraction of sp³-hybridized carbons (Fsp3) is 0.538. The normalized spacial score (nSPS) is 17.6. The van der Waals surface area contributed by atoms with Crippen molar-refractivity contribution in [3.8, 4) is 11.5 Å². The summed E-state index contributed by atoms with van der Waals surface area (Å²) < 4.78 is 10.9. The summed E-state index contributed by atoms with van der Waals surface area (Å²) in [4.78, 5) is 0. The molecule has 0 bridgehead atoms. The van der Waals surface area contributed by atoms with E-state index < -0.39 is 6.10 Å². The third-order valence-corrected chi connectivity index (χ3v) is 3.02. The molecule has 1 aromatic rings. The van der Waals surface area contributed by atoms with Crippen LogP contribution in [0.1, 0.15) is 18.9 Å². The Hall–Kier alpha value is -1.26. The van der Waals surface area contributed by atoms with Gasteiger partial charge in [-0.25, -0.2) is 0 Å². The quantitative estimate of drug-likeness (QED) is 0.823. The van der Waals surface area contributed by atoms with Crippen molar-refractivity contribution in [1.29, 1.82) is 0 Å². The van der Waals surface area contributed by atoms with E-state index in [9.17, 15) is 5.11 Å². The first-order chi connectivity index (χ1) is 8.20. The lowest BCUT2D eigenvalue weighted by molar-refractivity contribution is 0.142. The summed E-state index contributed by atoms with van der Waals surface area (Å²) in [5, 5.41) is 9.88. The van der Waals surface area contributed by atoms with Crippen LogP contribution in [0.25, 0.3) is 0 Å². The van der Waals surface area contributed by atoms with Crippen molar-refractivity contribution < 1.29 is 14.6 Å². The smallest absolute Gasteiger partial charge is 0.161 e. The Balaban J connectivity index is 2.06. The number of nitrogens with two attached hydrogens (primary N) is 1. The number of hydrogen-bond donors (Lipinski definition) is 2. The largest absolute Gasteiger partial charge is 0.486 e. The molecule has 3 N–H and O–H groups in total. The maximum atomic E-state index is 9.88. The predicted octanol–water partition coefficient (Wildman–Crippen LogP) is 1.10. The van der Waals surface area contributed by atoms with E-state index in [0.717, 1.165) is 23.5 Å². The number of benzene rings is 1. The maximum Gasteiger partial charge on any atom is 0.161 e. The fourth-order valence-corrected chi connectivity index (χ4v) is 1.88. The second kappa shape index (κ2) is 5.38. The number of aliphatic hydroxyl groups is 1. The number of ether oxygens (including phenoxy) is 2. The van der Waals surface area contributed by atoms with Crippen LogP contribution in [0.4, 0.5) is 0 Å². The molecule has 0 aromatic heterocycles. The zero-order valence-corrected chi connectivity index (χ0v) is 10.1. The van der Waals surface area contributed by atoms with Gasteiger partial charge in [0.15, 0.2) is 11.5 Å². The minimum atomic E-state index is -0.512. The molecular formula is C13H19NO3. The molecule has 2 unspecified atom stereocenters. The molecule has 2 atom stereocenters. The zero-order valence-electron chi connectivity index (χ0n) is 10.1. The topological polar surface area (TPSA) is 64.7 Å². The van der Waals surface area contributed by atoms with Crippen LogP contribution in [-0.4, -0.2) is 30.5 Å². The van der Waals surface area contributed by atoms with Crippen LogP contribution >= 0.6 is 0 Å². The van der Waals surface area contributed by atoms with Crippen molar-refractivity contribution >= 4 is 0 Å². The van der Waals surface area contributed by atoms with Gasteiger partial charge in [-0.1, -0.05) is 13.0 Å². The summed E-state index contributed by atoms with van der Waals surface area (Å²) in [6.45, 7) is 3.14. The Morgan fingerprint density at radius 1 is 1.29 bits per heavy atom. The van der Waals surface area contributed by atoms with Gasteiger partial charge in [-0.3, -0.25) is 0 Å². The van der Waals surface area contributed by atoms with E-state index in [1.807, 2.05) is 25.1 Å². The molecule has 4 heteroatoms. The molecule has 4 nitrogen and oxygen atoms in total. The highest BCUT2D eigenvalue weighted by Gasteiger charge is 2.16. The average molecular weight is 237 g/mol. The molecule has 0 radical (unpaired) electrons. The van der Waals surface area contributed by atoms with Crippen molar-refractivity contribution in [1.82, 2.24) is 0 Å². The van der Waals surface area contributed by atoms with E-state index in [1.165, 1.54) is 0 Å². The minimum absolute atomic E-state index is 0.178. The van der Waals surface area contributed by atoms with Crippen LogP contribution in [0, 0.1) is 0 Å². The Kier molecular flexibility index (Phi) is 3.86. The molecule has 0 saturated carbocycles. The number of rotatable bonds is 4. The third-order valence-electron chi connectivity index (χ3n) is 3.02. The van der Waals surface area contributed by atoms with Crippen LogP contribution in [0.15, 0.2) is 18.2 Å². The number of hydrogen-bond acceptors (Lipinski definition) is 4. The maximum absolute atomic E-state index is 9.88. The van der Waals surface area contributed by atoms with Gasteiger partial charge in [0.1, 0.15) is 13.2 Å². The van der Waals surface area contributed by atoms with E-state index in [4.69, 9.17) is 15.2 Å². The van der Waals surface area contributed by atoms with Crippen molar-refractivity contribution in [3.05, 3.63) is 23.8 Å². The van der Waals surface area contributed by atoms with E-state index in [2.05, 4.69) is 0 Å². The van der Waals surface area contributed by atoms with Gasteiger partial charge in [0.2, 0.25) is 0 Å². The van der Waals surface area contributed by atoms with Gasteiger partial charge >= 0.3 is 0 Å². The van der Waals surface area contributed by atoms with Gasteiger partial charge in [-0.2, -0.15) is 0 Å². The molecule has 17 heavy (non-hydrogen) atoms. The lowest BCUT2D eigenvalue weighted by atomic mass is 10.0. The molecule has 1 heterocycles. The summed E-state index contributed by atoms with van der Waals surface area (Å²) in [6, 6.07) is 5.57. The molecule has 94 valence electrons. The standard InChI is InChI=1S/C13H19NO3/c1-2-10(14)11(15)7-9-3-4-12-13(8-9)17-6-5-16-12/h3-4,8,10-11,15H,2,5-7,14H2,1H3. The highest BCUT2D eigenvalue weighted by molar-refractivity contribution is 5.44. The molecule has 0 saturated heterocycles. The monoisotopic (exact) mass is 237 g/mol. The summed E-state index contributed by atoms with van der Waals surface area (Å²) in [5.41, 5.74) is 6.82. The number of aliphatic hydroxyl groups excluding tert-OH is 1.